The second kappa shape index (κ2) is 6.97. The normalized spacial score (nSPS) is 14.0. The van der Waals surface area contributed by atoms with Crippen LogP contribution in [0.25, 0.3) is 28.0 Å². The summed E-state index contributed by atoms with van der Waals surface area (Å²) in [6.45, 7) is 3.86. The molecule has 0 aliphatic carbocycles. The molecule has 4 aromatic rings. The molecule has 1 aliphatic heterocycles. The Labute approximate surface area is 168 Å². The zero-order valence-electron chi connectivity index (χ0n) is 16.6. The van der Waals surface area contributed by atoms with Crippen molar-refractivity contribution in [2.24, 2.45) is 7.05 Å². The van der Waals surface area contributed by atoms with Crippen molar-refractivity contribution >= 4 is 11.0 Å². The fourth-order valence-corrected chi connectivity index (χ4v) is 4.15. The molecule has 1 aliphatic rings. The van der Waals surface area contributed by atoms with E-state index in [0.717, 1.165) is 53.8 Å². The molecule has 0 radical (unpaired) electrons. The maximum atomic E-state index is 12.8. The van der Waals surface area contributed by atoms with Crippen LogP contribution in [-0.2, 0) is 20.0 Å². The standard InChI is InChI=1S/C23H23N5O/c1-15-5-6-17(13-25-15)16-9-11-28(22(29)12-16)21-8-7-18-19-14-24-10-3-4-20(19)27(2)23(18)26-21/h5-9,11-13,24H,3-4,10,14H2,1-2H3. The van der Waals surface area contributed by atoms with Crippen LogP contribution in [-0.4, -0.2) is 25.6 Å². The summed E-state index contributed by atoms with van der Waals surface area (Å²) >= 11 is 0. The van der Waals surface area contributed by atoms with E-state index in [1.807, 2.05) is 31.2 Å². The lowest BCUT2D eigenvalue weighted by molar-refractivity contribution is 0.676. The highest BCUT2D eigenvalue weighted by Gasteiger charge is 2.18. The smallest absolute Gasteiger partial charge is 0.256 e. The first-order chi connectivity index (χ1) is 14.1. The molecule has 0 aromatic carbocycles. The second-order valence-electron chi connectivity index (χ2n) is 7.62. The van der Waals surface area contributed by atoms with Crippen molar-refractivity contribution < 1.29 is 0 Å². The number of hydrogen-bond acceptors (Lipinski definition) is 4. The van der Waals surface area contributed by atoms with Gasteiger partial charge in [0.25, 0.3) is 5.56 Å². The Kier molecular flexibility index (Phi) is 4.28. The molecule has 146 valence electrons. The van der Waals surface area contributed by atoms with Crippen LogP contribution in [0.5, 0.6) is 0 Å². The van der Waals surface area contributed by atoms with Crippen molar-refractivity contribution in [1.82, 2.24) is 24.4 Å². The number of nitrogens with one attached hydrogen (secondary N) is 1. The van der Waals surface area contributed by atoms with Crippen LogP contribution in [0.3, 0.4) is 0 Å². The zero-order chi connectivity index (χ0) is 20.0. The average Bonchev–Trinajstić information content (AvgIpc) is 2.89. The SMILES string of the molecule is Cc1ccc(-c2ccn(-c3ccc4c5c(n(C)c4n3)CCCNC5)c(=O)c2)cn1. The Hall–Kier alpha value is -3.25. The Balaban J connectivity index is 1.58. The first-order valence-corrected chi connectivity index (χ1v) is 9.96. The lowest BCUT2D eigenvalue weighted by Gasteiger charge is -2.08. The van der Waals surface area contributed by atoms with Crippen molar-refractivity contribution in [3.8, 4) is 16.9 Å². The van der Waals surface area contributed by atoms with Gasteiger partial charge in [0.1, 0.15) is 11.5 Å². The largest absolute Gasteiger partial charge is 0.332 e. The minimum Gasteiger partial charge on any atom is -0.332 e. The summed E-state index contributed by atoms with van der Waals surface area (Å²) in [5, 5.41) is 4.65. The van der Waals surface area contributed by atoms with E-state index >= 15 is 0 Å². The number of fused-ring (bicyclic) bond motifs is 3. The molecule has 5 heterocycles. The molecular formula is C23H23N5O. The molecule has 0 atom stereocenters. The summed E-state index contributed by atoms with van der Waals surface area (Å²) in [7, 11) is 2.07. The topological polar surface area (TPSA) is 64.7 Å². The first kappa shape index (κ1) is 17.8. The van der Waals surface area contributed by atoms with Gasteiger partial charge in [-0.25, -0.2) is 4.98 Å². The summed E-state index contributed by atoms with van der Waals surface area (Å²) in [4.78, 5) is 22.0. The predicted molar refractivity (Wildman–Crippen MR) is 114 cm³/mol. The number of hydrogen-bond donors (Lipinski definition) is 1. The van der Waals surface area contributed by atoms with Gasteiger partial charge in [-0.2, -0.15) is 0 Å². The van der Waals surface area contributed by atoms with Crippen LogP contribution in [0.2, 0.25) is 0 Å². The molecule has 0 spiro atoms. The number of pyridine rings is 3. The van der Waals surface area contributed by atoms with Crippen LogP contribution in [0.1, 0.15) is 23.4 Å². The Morgan fingerprint density at radius 3 is 2.79 bits per heavy atom. The quantitative estimate of drug-likeness (QED) is 0.576. The molecule has 0 saturated carbocycles. The van der Waals surface area contributed by atoms with Gasteiger partial charge in [-0.15, -0.1) is 0 Å². The lowest BCUT2D eigenvalue weighted by atomic mass is 10.1. The van der Waals surface area contributed by atoms with Gasteiger partial charge in [-0.05, 0) is 61.7 Å². The van der Waals surface area contributed by atoms with Gasteiger partial charge in [0.2, 0.25) is 0 Å². The van der Waals surface area contributed by atoms with Crippen LogP contribution in [0.4, 0.5) is 0 Å². The van der Waals surface area contributed by atoms with Crippen LogP contribution in [0, 0.1) is 6.92 Å². The van der Waals surface area contributed by atoms with Gasteiger partial charge < -0.3 is 9.88 Å². The van der Waals surface area contributed by atoms with Crippen molar-refractivity contribution in [3.63, 3.8) is 0 Å². The third-order valence-electron chi connectivity index (χ3n) is 5.74. The molecule has 0 unspecified atom stereocenters. The molecular weight excluding hydrogens is 362 g/mol. The monoisotopic (exact) mass is 385 g/mol. The van der Waals surface area contributed by atoms with Crippen molar-refractivity contribution in [2.75, 3.05) is 6.54 Å². The van der Waals surface area contributed by atoms with Gasteiger partial charge in [0.15, 0.2) is 0 Å². The molecule has 0 saturated heterocycles. The molecule has 6 nitrogen and oxygen atoms in total. The van der Waals surface area contributed by atoms with Crippen LogP contribution < -0.4 is 10.9 Å². The molecule has 0 amide bonds. The molecule has 6 heteroatoms. The van der Waals surface area contributed by atoms with E-state index in [-0.39, 0.29) is 5.56 Å². The number of rotatable bonds is 2. The van der Waals surface area contributed by atoms with Crippen molar-refractivity contribution in [3.05, 3.63) is 76.1 Å². The third kappa shape index (κ3) is 3.06. The van der Waals surface area contributed by atoms with E-state index in [1.54, 1.807) is 23.0 Å². The van der Waals surface area contributed by atoms with E-state index in [1.165, 1.54) is 11.3 Å². The summed E-state index contributed by atoms with van der Waals surface area (Å²) < 4.78 is 3.78. The molecule has 29 heavy (non-hydrogen) atoms. The predicted octanol–water partition coefficient (Wildman–Crippen LogP) is 3.13. The van der Waals surface area contributed by atoms with Gasteiger partial charge >= 0.3 is 0 Å². The summed E-state index contributed by atoms with van der Waals surface area (Å²) in [6, 6.07) is 11.5. The summed E-state index contributed by atoms with van der Waals surface area (Å²) in [5.74, 6) is 0.639. The fourth-order valence-electron chi connectivity index (χ4n) is 4.15. The highest BCUT2D eigenvalue weighted by Crippen LogP contribution is 2.27. The molecule has 4 aromatic heterocycles. The van der Waals surface area contributed by atoms with Crippen LogP contribution in [0.15, 0.2) is 53.6 Å². The highest BCUT2D eigenvalue weighted by molar-refractivity contribution is 5.83. The minimum absolute atomic E-state index is 0.104. The Bertz CT molecular complexity index is 1270. The third-order valence-corrected chi connectivity index (χ3v) is 5.74. The Morgan fingerprint density at radius 2 is 2.00 bits per heavy atom. The van der Waals surface area contributed by atoms with Gasteiger partial charge in [0.05, 0.1) is 0 Å². The number of nitrogens with zero attached hydrogens (tertiary/aromatic N) is 4. The molecule has 1 N–H and O–H groups in total. The van der Waals surface area contributed by atoms with Gasteiger partial charge in [-0.3, -0.25) is 14.3 Å². The van der Waals surface area contributed by atoms with E-state index in [9.17, 15) is 4.79 Å². The zero-order valence-corrected chi connectivity index (χ0v) is 16.6. The molecule has 0 bridgehead atoms. The van der Waals surface area contributed by atoms with E-state index in [0.29, 0.717) is 5.82 Å². The van der Waals surface area contributed by atoms with Crippen molar-refractivity contribution in [2.45, 2.75) is 26.3 Å². The fraction of sp³-hybridized carbons (Fsp3) is 0.261. The number of aromatic nitrogens is 4. The lowest BCUT2D eigenvalue weighted by Crippen LogP contribution is -2.18. The minimum atomic E-state index is -0.104. The average molecular weight is 385 g/mol. The highest BCUT2D eigenvalue weighted by atomic mass is 16.1. The summed E-state index contributed by atoms with van der Waals surface area (Å²) in [5.41, 5.74) is 6.23. The van der Waals surface area contributed by atoms with E-state index in [2.05, 4.69) is 28.0 Å². The maximum absolute atomic E-state index is 12.8. The summed E-state index contributed by atoms with van der Waals surface area (Å²) in [6.07, 6.45) is 5.76. The van der Waals surface area contributed by atoms with Crippen LogP contribution >= 0.6 is 0 Å². The van der Waals surface area contributed by atoms with Crippen molar-refractivity contribution in [1.29, 1.82) is 0 Å². The van der Waals surface area contributed by atoms with E-state index in [4.69, 9.17) is 4.98 Å². The molecule has 0 fully saturated rings. The maximum Gasteiger partial charge on any atom is 0.256 e. The van der Waals surface area contributed by atoms with Gasteiger partial charge in [0, 0.05) is 54.4 Å². The van der Waals surface area contributed by atoms with E-state index < -0.39 is 0 Å². The second-order valence-corrected chi connectivity index (χ2v) is 7.62. The Morgan fingerprint density at radius 1 is 1.10 bits per heavy atom. The molecule has 5 rings (SSSR count). The first-order valence-electron chi connectivity index (χ1n) is 9.96. The number of aryl methyl sites for hydroxylation is 2. The van der Waals surface area contributed by atoms with Gasteiger partial charge in [-0.1, -0.05) is 6.07 Å².